The summed E-state index contributed by atoms with van der Waals surface area (Å²) in [6.07, 6.45) is 5.30. The van der Waals surface area contributed by atoms with Crippen molar-refractivity contribution in [2.24, 2.45) is 0 Å². The molecule has 15 heteroatoms. The average Bonchev–Trinajstić information content (AvgIpc) is 4.21. The third-order valence-electron chi connectivity index (χ3n) is 12.6. The number of hydrogen-bond donors (Lipinski definition) is 4. The lowest BCUT2D eigenvalue weighted by Gasteiger charge is -2.28. The molecule has 2 saturated heterocycles. The van der Waals surface area contributed by atoms with Gasteiger partial charge >= 0.3 is 12.2 Å². The van der Waals surface area contributed by atoms with E-state index in [2.05, 4.69) is 50.9 Å². The number of aromatic amines is 2. The number of rotatable bonds is 10. The molecule has 0 aliphatic carbocycles. The van der Waals surface area contributed by atoms with Crippen LogP contribution in [-0.4, -0.2) is 81.0 Å². The first-order valence-electron chi connectivity index (χ1n) is 21.7. The quantitative estimate of drug-likeness (QED) is 0.104. The normalized spacial score (nSPS) is 17.1. The highest BCUT2D eigenvalue weighted by Crippen LogP contribution is 2.39. The molecule has 2 aliphatic rings. The number of hydrogen-bond acceptors (Lipinski definition) is 9. The van der Waals surface area contributed by atoms with Gasteiger partial charge in [-0.2, -0.15) is 0 Å². The van der Waals surface area contributed by atoms with Crippen molar-refractivity contribution >= 4 is 56.7 Å². The summed E-state index contributed by atoms with van der Waals surface area (Å²) < 4.78 is 16.2. The van der Waals surface area contributed by atoms with Crippen molar-refractivity contribution in [3.63, 3.8) is 0 Å². The maximum atomic E-state index is 14.0. The summed E-state index contributed by atoms with van der Waals surface area (Å²) in [4.78, 5) is 72.7. The number of benzene rings is 5. The highest BCUT2D eigenvalue weighted by molar-refractivity contribution is 6.16. The second-order valence-corrected chi connectivity index (χ2v) is 16.4. The van der Waals surface area contributed by atoms with Gasteiger partial charge in [0.05, 0.1) is 50.1 Å². The van der Waals surface area contributed by atoms with E-state index < -0.39 is 24.3 Å². The number of methoxy groups -OCH3 is 2. The van der Waals surface area contributed by atoms with Crippen molar-refractivity contribution in [1.82, 2.24) is 40.4 Å². The van der Waals surface area contributed by atoms with Gasteiger partial charge in [0.15, 0.2) is 0 Å². The Bertz CT molecular complexity index is 3070. The Labute approximate surface area is 373 Å². The van der Waals surface area contributed by atoms with E-state index in [9.17, 15) is 19.2 Å². The zero-order chi connectivity index (χ0) is 44.6. The van der Waals surface area contributed by atoms with Crippen molar-refractivity contribution in [1.29, 1.82) is 0 Å². The van der Waals surface area contributed by atoms with Gasteiger partial charge in [-0.15, -0.1) is 0 Å². The van der Waals surface area contributed by atoms with Gasteiger partial charge in [0.25, 0.3) is 11.8 Å². The van der Waals surface area contributed by atoms with Crippen LogP contribution in [0.4, 0.5) is 9.59 Å². The first kappa shape index (κ1) is 41.1. The van der Waals surface area contributed by atoms with E-state index in [-0.39, 0.29) is 23.9 Å². The molecular formula is C50H46N8O7. The molecule has 4 amide bonds. The molecule has 4 N–H and O–H groups in total. The van der Waals surface area contributed by atoms with E-state index in [1.807, 2.05) is 78.9 Å². The fourth-order valence-corrected chi connectivity index (χ4v) is 9.38. The Morgan fingerprint density at radius 3 is 1.68 bits per heavy atom. The van der Waals surface area contributed by atoms with Crippen molar-refractivity contribution in [2.45, 2.75) is 49.9 Å². The van der Waals surface area contributed by atoms with Gasteiger partial charge in [-0.05, 0) is 78.6 Å². The summed E-state index contributed by atoms with van der Waals surface area (Å²) in [5.74, 6) is 0.911. The first-order valence-corrected chi connectivity index (χ1v) is 21.7. The molecule has 8 aromatic rings. The maximum absolute atomic E-state index is 14.0. The van der Waals surface area contributed by atoms with Crippen LogP contribution in [-0.2, 0) is 19.1 Å². The van der Waals surface area contributed by atoms with E-state index in [0.29, 0.717) is 35.9 Å². The first-order chi connectivity index (χ1) is 31.8. The lowest BCUT2D eigenvalue weighted by Crippen LogP contribution is -2.42. The molecular weight excluding hydrogens is 825 g/mol. The topological polar surface area (TPSA) is 188 Å². The van der Waals surface area contributed by atoms with Crippen LogP contribution in [0.15, 0.2) is 126 Å². The van der Waals surface area contributed by atoms with E-state index in [0.717, 1.165) is 80.9 Å². The average molecular weight is 871 g/mol. The number of carbonyl (C=O) groups is 4. The van der Waals surface area contributed by atoms with Crippen LogP contribution < -0.4 is 10.6 Å². The third kappa shape index (κ3) is 7.79. The number of alkyl carbamates (subject to hydrolysis) is 2. The lowest BCUT2D eigenvalue weighted by molar-refractivity contribution is -0.135. The monoisotopic (exact) mass is 870 g/mol. The van der Waals surface area contributed by atoms with E-state index in [1.54, 1.807) is 22.2 Å². The molecule has 0 spiro atoms. The van der Waals surface area contributed by atoms with Crippen LogP contribution in [0, 0.1) is 0 Å². The third-order valence-corrected chi connectivity index (χ3v) is 12.6. The van der Waals surface area contributed by atoms with E-state index in [1.165, 1.54) is 14.2 Å². The minimum absolute atomic E-state index is 0.224. The summed E-state index contributed by atoms with van der Waals surface area (Å²) >= 11 is 0. The molecule has 0 bridgehead atoms. The second kappa shape index (κ2) is 17.3. The minimum atomic E-state index is -0.901. The number of aromatic nitrogens is 4. The molecule has 0 unspecified atom stereocenters. The smallest absolute Gasteiger partial charge is 0.407 e. The molecule has 3 aromatic heterocycles. The predicted molar refractivity (Wildman–Crippen MR) is 243 cm³/mol. The number of ether oxygens (including phenoxy) is 2. The highest BCUT2D eigenvalue weighted by Gasteiger charge is 2.38. The predicted octanol–water partition coefficient (Wildman–Crippen LogP) is 9.04. The van der Waals surface area contributed by atoms with Gasteiger partial charge < -0.3 is 44.3 Å². The number of imidazole rings is 2. The van der Waals surface area contributed by atoms with E-state index in [4.69, 9.17) is 23.9 Å². The number of H-pyrrole nitrogens is 2. The molecule has 5 heterocycles. The zero-order valence-corrected chi connectivity index (χ0v) is 35.7. The Hall–Kier alpha value is -7.94. The molecule has 328 valence electrons. The summed E-state index contributed by atoms with van der Waals surface area (Å²) in [7, 11) is 2.56. The fraction of sp³-hybridized carbons (Fsp3) is 0.240. The standard InChI is InChI=1S/C50H46N8O7/c1-63-49(61)55-42(29-11-5-3-6-12-29)47(59)57-23-9-15-39(57)45-51-27-37(53-45)32-18-20-34-31(25-32)17-21-35-36-26-33(19-22-41(36)65-44(34)35)38-28-52-46(54-38)40-16-10-24-58(40)48(60)43(56-50(62)64-2)30-13-7-4-8-14-30/h3-8,11-14,17-22,25-28,39-40,42-43H,9-10,15-16,23-24H2,1-2H3,(H,51,53)(H,52,54)(H,55,61)(H,56,62)/t39-,40-,42+,43+/m0/s1. The van der Waals surface area contributed by atoms with Crippen molar-refractivity contribution in [3.05, 3.63) is 144 Å². The molecule has 2 fully saturated rings. The lowest BCUT2D eigenvalue weighted by atomic mass is 10.0. The number of likely N-dealkylation sites (tertiary alicyclic amines) is 2. The molecule has 2 aliphatic heterocycles. The van der Waals surface area contributed by atoms with Crippen LogP contribution in [0.2, 0.25) is 0 Å². The van der Waals surface area contributed by atoms with Crippen molar-refractivity contribution in [2.75, 3.05) is 27.3 Å². The Morgan fingerprint density at radius 1 is 0.631 bits per heavy atom. The van der Waals surface area contributed by atoms with Gasteiger partial charge in [-0.1, -0.05) is 72.8 Å². The van der Waals surface area contributed by atoms with Gasteiger partial charge in [0.1, 0.15) is 34.9 Å². The fourth-order valence-electron chi connectivity index (χ4n) is 9.38. The molecule has 10 rings (SSSR count). The maximum Gasteiger partial charge on any atom is 0.407 e. The summed E-state index contributed by atoms with van der Waals surface area (Å²) in [6.45, 7) is 1.07. The van der Waals surface area contributed by atoms with Crippen molar-refractivity contribution in [3.8, 4) is 22.5 Å². The summed E-state index contributed by atoms with van der Waals surface area (Å²) in [5, 5.41) is 9.34. The van der Waals surface area contributed by atoms with Crippen LogP contribution >= 0.6 is 0 Å². The van der Waals surface area contributed by atoms with Crippen molar-refractivity contribution < 1.29 is 33.1 Å². The van der Waals surface area contributed by atoms with Gasteiger partial charge in [-0.25, -0.2) is 19.6 Å². The Balaban J connectivity index is 0.882. The molecule has 65 heavy (non-hydrogen) atoms. The van der Waals surface area contributed by atoms with E-state index >= 15 is 0 Å². The van der Waals surface area contributed by atoms with Gasteiger partial charge in [0.2, 0.25) is 0 Å². The number of carbonyl (C=O) groups excluding carboxylic acids is 4. The molecule has 15 nitrogen and oxygen atoms in total. The molecule has 5 aromatic carbocycles. The summed E-state index contributed by atoms with van der Waals surface area (Å²) in [6, 6.07) is 32.4. The largest absolute Gasteiger partial charge is 0.455 e. The van der Waals surface area contributed by atoms with Gasteiger partial charge in [-0.3, -0.25) is 9.59 Å². The Kier molecular flexibility index (Phi) is 10.9. The second-order valence-electron chi connectivity index (χ2n) is 16.4. The number of nitrogens with zero attached hydrogens (tertiary/aromatic N) is 4. The van der Waals surface area contributed by atoms with Gasteiger partial charge in [0, 0.05) is 40.4 Å². The number of amides is 4. The molecule has 0 radical (unpaired) electrons. The number of furan rings is 1. The minimum Gasteiger partial charge on any atom is -0.455 e. The number of fused-ring (bicyclic) bond motifs is 5. The molecule has 0 saturated carbocycles. The summed E-state index contributed by atoms with van der Waals surface area (Å²) in [5.41, 5.74) is 6.36. The molecule has 4 atom stereocenters. The zero-order valence-electron chi connectivity index (χ0n) is 35.7. The Morgan fingerprint density at radius 2 is 1.14 bits per heavy atom. The SMILES string of the molecule is COC(=O)N[C@@H](C(=O)N1CCC[C@H]1c1ncc(-c2ccc3c(ccc4c5cc(-c6cnc([C@@H]7CCCN7C(=O)[C@H](NC(=O)OC)c7ccccc7)[nH]6)ccc5oc34)c2)[nH]1)c1ccccc1. The van der Waals surface area contributed by atoms with Crippen LogP contribution in [0.5, 0.6) is 0 Å². The number of nitrogens with one attached hydrogen (secondary N) is 4. The van der Waals surface area contributed by atoms with Crippen LogP contribution in [0.1, 0.15) is 72.6 Å². The highest BCUT2D eigenvalue weighted by atomic mass is 16.5. The van der Waals surface area contributed by atoms with Crippen LogP contribution in [0.3, 0.4) is 0 Å². The van der Waals surface area contributed by atoms with Crippen LogP contribution in [0.25, 0.3) is 55.2 Å².